The van der Waals surface area contributed by atoms with Gasteiger partial charge in [-0.3, -0.25) is 19.2 Å². The van der Waals surface area contributed by atoms with Gasteiger partial charge in [-0.25, -0.2) is 0 Å². The highest BCUT2D eigenvalue weighted by Gasteiger charge is 2.74. The van der Waals surface area contributed by atoms with Crippen molar-refractivity contribution in [3.8, 4) is 0 Å². The Morgan fingerprint density at radius 2 is 1.63 bits per heavy atom. The summed E-state index contributed by atoms with van der Waals surface area (Å²) < 4.78 is 16.9. The summed E-state index contributed by atoms with van der Waals surface area (Å²) >= 11 is 0. The SMILES string of the molecule is CC(=O)OC(C)(C)/C=C/C(=O)[C@](C)(O)[C@H]1[C@H](O)C[C@]2(C)[C@@H]3CC=C4[C@@H](C[C@@H](O[C@H]5O[C@H](CO)[C@@H](O)[C@H](O)[C@H]5O)C(=O)C4(C)C)[C@]3(C)C(=O)C[C@]12C. The van der Waals surface area contributed by atoms with Crippen molar-refractivity contribution in [2.24, 2.45) is 39.4 Å². The number of rotatable bonds is 8. The molecule has 0 bridgehead atoms. The van der Waals surface area contributed by atoms with Crippen LogP contribution in [0.25, 0.3) is 0 Å². The number of allylic oxidation sites excluding steroid dienone is 2. The van der Waals surface area contributed by atoms with Crippen LogP contribution in [0.4, 0.5) is 0 Å². The maximum atomic E-state index is 14.8. The van der Waals surface area contributed by atoms with Gasteiger partial charge in [-0.15, -0.1) is 0 Å². The van der Waals surface area contributed by atoms with Crippen molar-refractivity contribution in [3.63, 3.8) is 0 Å². The average molecular weight is 721 g/mol. The molecule has 0 aromatic carbocycles. The zero-order chi connectivity index (χ0) is 38.4. The minimum absolute atomic E-state index is 0.0549. The van der Waals surface area contributed by atoms with Crippen LogP contribution in [0.3, 0.4) is 0 Å². The number of esters is 1. The molecule has 51 heavy (non-hydrogen) atoms. The Morgan fingerprint density at radius 1 is 1.00 bits per heavy atom. The second-order valence-corrected chi connectivity index (χ2v) is 17.6. The Hall–Kier alpha value is -2.36. The Balaban J connectivity index is 1.48. The van der Waals surface area contributed by atoms with Gasteiger partial charge in [-0.2, -0.15) is 0 Å². The third-order valence-corrected chi connectivity index (χ3v) is 13.7. The van der Waals surface area contributed by atoms with Crippen LogP contribution in [0.1, 0.15) is 88.0 Å². The van der Waals surface area contributed by atoms with E-state index in [2.05, 4.69) is 0 Å². The minimum Gasteiger partial charge on any atom is -0.456 e. The molecular formula is C38H56O13. The van der Waals surface area contributed by atoms with Crippen LogP contribution in [-0.4, -0.2) is 115 Å². The van der Waals surface area contributed by atoms with Crippen LogP contribution in [-0.2, 0) is 33.4 Å². The molecule has 286 valence electrons. The van der Waals surface area contributed by atoms with E-state index in [1.807, 2.05) is 26.8 Å². The van der Waals surface area contributed by atoms with Crippen LogP contribution in [0, 0.1) is 39.4 Å². The first-order valence-corrected chi connectivity index (χ1v) is 17.9. The molecule has 14 atom stereocenters. The topological polar surface area (TPSA) is 217 Å². The Labute approximate surface area is 299 Å². The molecule has 0 aromatic heterocycles. The quantitative estimate of drug-likeness (QED) is 0.119. The number of Topliss-reactive ketones (excluding diaryl/α,β-unsaturated/α-hetero) is 2. The van der Waals surface area contributed by atoms with E-state index in [9.17, 15) is 49.8 Å². The molecule has 5 rings (SSSR count). The summed E-state index contributed by atoms with van der Waals surface area (Å²) in [6.07, 6.45) is -4.90. The van der Waals surface area contributed by atoms with Gasteiger partial charge >= 0.3 is 5.97 Å². The number of carbonyl (C=O) groups excluding carboxylic acids is 4. The smallest absolute Gasteiger partial charge is 0.303 e. The summed E-state index contributed by atoms with van der Waals surface area (Å²) in [5.74, 6) is -3.56. The number of hydrogen-bond donors (Lipinski definition) is 6. The maximum Gasteiger partial charge on any atom is 0.303 e. The van der Waals surface area contributed by atoms with E-state index in [0.717, 1.165) is 11.6 Å². The monoisotopic (exact) mass is 720 g/mol. The molecule has 0 radical (unpaired) electrons. The molecule has 4 fully saturated rings. The van der Waals surface area contributed by atoms with Crippen LogP contribution < -0.4 is 0 Å². The molecule has 0 amide bonds. The fourth-order valence-electron chi connectivity index (χ4n) is 10.8. The van der Waals surface area contributed by atoms with Gasteiger partial charge in [0.15, 0.2) is 17.9 Å². The lowest BCUT2D eigenvalue weighted by molar-refractivity contribution is -0.311. The van der Waals surface area contributed by atoms with E-state index in [4.69, 9.17) is 14.2 Å². The highest BCUT2D eigenvalue weighted by molar-refractivity contribution is 5.98. The second kappa shape index (κ2) is 12.9. The van der Waals surface area contributed by atoms with Gasteiger partial charge in [-0.05, 0) is 88.7 Å². The molecular weight excluding hydrogens is 664 g/mol. The molecule has 13 nitrogen and oxygen atoms in total. The fourth-order valence-corrected chi connectivity index (χ4v) is 10.8. The van der Waals surface area contributed by atoms with Gasteiger partial charge < -0.3 is 44.8 Å². The number of carbonyl (C=O) groups is 4. The first-order valence-electron chi connectivity index (χ1n) is 17.9. The van der Waals surface area contributed by atoms with Crippen molar-refractivity contribution in [2.75, 3.05) is 6.61 Å². The largest absolute Gasteiger partial charge is 0.456 e. The van der Waals surface area contributed by atoms with Gasteiger partial charge in [0.1, 0.15) is 47.5 Å². The molecule has 6 N–H and O–H groups in total. The summed E-state index contributed by atoms with van der Waals surface area (Å²) in [5, 5.41) is 64.7. The zero-order valence-corrected chi connectivity index (χ0v) is 31.1. The molecule has 4 aliphatic carbocycles. The third kappa shape index (κ3) is 6.00. The first kappa shape index (κ1) is 39.8. The number of aliphatic hydroxyl groups excluding tert-OH is 5. The molecule has 0 unspecified atom stereocenters. The predicted octanol–water partition coefficient (Wildman–Crippen LogP) is 1.32. The van der Waals surface area contributed by atoms with E-state index in [-0.39, 0.29) is 36.7 Å². The molecule has 1 heterocycles. The number of aliphatic hydroxyl groups is 6. The number of fused-ring (bicyclic) bond motifs is 5. The highest BCUT2D eigenvalue weighted by Crippen LogP contribution is 2.74. The van der Waals surface area contributed by atoms with E-state index >= 15 is 0 Å². The molecule has 5 aliphatic rings. The van der Waals surface area contributed by atoms with Crippen molar-refractivity contribution in [1.82, 2.24) is 0 Å². The van der Waals surface area contributed by atoms with E-state index < -0.39 is 106 Å². The van der Waals surface area contributed by atoms with E-state index in [0.29, 0.717) is 6.42 Å². The number of ether oxygens (including phenoxy) is 3. The lowest BCUT2D eigenvalue weighted by Crippen LogP contribution is -2.66. The molecule has 0 spiro atoms. The lowest BCUT2D eigenvalue weighted by atomic mass is 9.38. The van der Waals surface area contributed by atoms with Gasteiger partial charge in [0.05, 0.1) is 12.7 Å². The zero-order valence-electron chi connectivity index (χ0n) is 31.1. The van der Waals surface area contributed by atoms with E-state index in [1.165, 1.54) is 19.9 Å². The second-order valence-electron chi connectivity index (χ2n) is 17.6. The van der Waals surface area contributed by atoms with Gasteiger partial charge in [0, 0.05) is 30.1 Å². The Morgan fingerprint density at radius 3 is 2.22 bits per heavy atom. The first-order chi connectivity index (χ1) is 23.3. The predicted molar refractivity (Wildman–Crippen MR) is 180 cm³/mol. The minimum atomic E-state index is -2.08. The van der Waals surface area contributed by atoms with Gasteiger partial charge in [0.2, 0.25) is 0 Å². The van der Waals surface area contributed by atoms with Crippen LogP contribution in [0.5, 0.6) is 0 Å². The molecule has 13 heteroatoms. The normalized spacial score (nSPS) is 45.0. The Kier molecular flexibility index (Phi) is 10.1. The third-order valence-electron chi connectivity index (χ3n) is 13.7. The number of hydrogen-bond acceptors (Lipinski definition) is 13. The van der Waals surface area contributed by atoms with Crippen molar-refractivity contribution in [3.05, 3.63) is 23.8 Å². The van der Waals surface area contributed by atoms with Crippen LogP contribution in [0.15, 0.2) is 23.8 Å². The van der Waals surface area contributed by atoms with Crippen LogP contribution >= 0.6 is 0 Å². The highest BCUT2D eigenvalue weighted by atomic mass is 16.7. The van der Waals surface area contributed by atoms with Gasteiger partial charge in [-0.1, -0.05) is 32.4 Å². The molecule has 3 saturated carbocycles. The molecule has 1 aliphatic heterocycles. The molecule has 1 saturated heterocycles. The number of ketones is 3. The van der Waals surface area contributed by atoms with Gasteiger partial charge in [0.25, 0.3) is 0 Å². The lowest BCUT2D eigenvalue weighted by Gasteiger charge is -2.64. The summed E-state index contributed by atoms with van der Waals surface area (Å²) in [7, 11) is 0. The maximum absolute atomic E-state index is 14.8. The molecule has 0 aromatic rings. The summed E-state index contributed by atoms with van der Waals surface area (Å²) in [6, 6.07) is 0. The van der Waals surface area contributed by atoms with Crippen LogP contribution in [0.2, 0.25) is 0 Å². The van der Waals surface area contributed by atoms with Crippen molar-refractivity contribution in [2.45, 2.75) is 142 Å². The standard InChI is InChI=1S/C38H56O13/c1-18(40)51-33(2,3)13-12-25(42)38(9,48)30-21(41)15-35(6)24-11-10-19-20(37(24,8)26(43)16-36(30,35)7)14-22(31(47)34(19,4)5)49-32-29(46)28(45)27(44)23(17-39)50-32/h10,12-13,20-24,27-30,32,39,41,44-46,48H,11,14-17H2,1-9H3/b13-12+/t20-,21-,22-,23-,24+,27-,28+,29-,30+,32+,35-,36-,37+,38+/m1/s1. The summed E-state index contributed by atoms with van der Waals surface area (Å²) in [6.45, 7) is 14.4. The van der Waals surface area contributed by atoms with E-state index in [1.54, 1.807) is 27.7 Å². The fraction of sp³-hybridized carbons (Fsp3) is 0.789. The Bertz CT molecular complexity index is 1510. The average Bonchev–Trinajstić information content (AvgIpc) is 3.22. The summed E-state index contributed by atoms with van der Waals surface area (Å²) in [4.78, 5) is 54.0. The summed E-state index contributed by atoms with van der Waals surface area (Å²) in [5.41, 5.74) is -6.34. The van der Waals surface area contributed by atoms with Crippen molar-refractivity contribution < 1.29 is 64.0 Å². The van der Waals surface area contributed by atoms with Crippen molar-refractivity contribution >= 4 is 23.3 Å². The van der Waals surface area contributed by atoms with Crippen molar-refractivity contribution in [1.29, 1.82) is 0 Å².